The Hall–Kier alpha value is -2.33. The van der Waals surface area contributed by atoms with E-state index in [-0.39, 0.29) is 5.75 Å². The number of alkyl halides is 3. The van der Waals surface area contributed by atoms with Gasteiger partial charge < -0.3 is 19.8 Å². The normalized spacial score (nSPS) is 12.4. The number of nitrogens with zero attached hydrogens (tertiary/aromatic N) is 2. The van der Waals surface area contributed by atoms with E-state index < -0.39 is 6.36 Å². The van der Waals surface area contributed by atoms with Crippen molar-refractivity contribution in [1.82, 2.24) is 4.57 Å². The summed E-state index contributed by atoms with van der Waals surface area (Å²) in [5.41, 5.74) is 8.15. The first kappa shape index (κ1) is 23.3. The van der Waals surface area contributed by atoms with Crippen LogP contribution >= 0.6 is 22.9 Å². The summed E-state index contributed by atoms with van der Waals surface area (Å²) >= 11 is 7.33. The molecule has 2 aromatic carbocycles. The summed E-state index contributed by atoms with van der Waals surface area (Å²) in [5, 5.41) is 2.63. The van der Waals surface area contributed by atoms with E-state index in [1.807, 2.05) is 34.2 Å². The zero-order chi connectivity index (χ0) is 22.3. The number of thiazole rings is 1. The van der Waals surface area contributed by atoms with Gasteiger partial charge in [-0.25, -0.2) is 4.99 Å². The molecule has 0 atom stereocenters. The van der Waals surface area contributed by atoms with Gasteiger partial charge in [-0.15, -0.1) is 24.5 Å². The molecule has 1 aromatic heterocycles. The number of hydrogen-bond acceptors (Lipinski definition) is 5. The lowest BCUT2D eigenvalue weighted by molar-refractivity contribution is -0.274. The van der Waals surface area contributed by atoms with E-state index in [0.29, 0.717) is 41.8 Å². The van der Waals surface area contributed by atoms with Crippen LogP contribution in [-0.4, -0.2) is 17.5 Å². The molecule has 0 saturated heterocycles. The smallest absolute Gasteiger partial charge is 0.406 e. The monoisotopic (exact) mass is 471 g/mol. The Kier molecular flexibility index (Phi) is 8.14. The quantitative estimate of drug-likeness (QED) is 0.454. The zero-order valence-electron chi connectivity index (χ0n) is 16.4. The van der Waals surface area contributed by atoms with Crippen molar-refractivity contribution < 1.29 is 22.6 Å². The number of nitrogens with two attached hydrogens (primary N) is 1. The third kappa shape index (κ3) is 7.39. The number of aromatic nitrogens is 1. The number of hydrogen-bond donors (Lipinski definition) is 1. The van der Waals surface area contributed by atoms with Crippen molar-refractivity contribution in [2.24, 2.45) is 10.7 Å². The Balaban J connectivity index is 1.73. The molecule has 10 heteroatoms. The van der Waals surface area contributed by atoms with Crippen molar-refractivity contribution in [2.45, 2.75) is 32.5 Å². The van der Waals surface area contributed by atoms with Crippen molar-refractivity contribution in [2.75, 3.05) is 6.54 Å². The van der Waals surface area contributed by atoms with Crippen molar-refractivity contribution in [1.29, 1.82) is 0 Å². The number of halogens is 4. The van der Waals surface area contributed by atoms with Crippen LogP contribution in [0.25, 0.3) is 0 Å². The van der Waals surface area contributed by atoms with Crippen LogP contribution in [0, 0.1) is 0 Å². The van der Waals surface area contributed by atoms with Crippen LogP contribution in [0.5, 0.6) is 5.75 Å². The van der Waals surface area contributed by atoms with Crippen LogP contribution in [0.1, 0.15) is 17.7 Å². The molecule has 0 saturated carbocycles. The first-order valence-electron chi connectivity index (χ1n) is 9.44. The van der Waals surface area contributed by atoms with Gasteiger partial charge in [-0.2, -0.15) is 0 Å². The molecular formula is C21H21ClF3N3O2S. The summed E-state index contributed by atoms with van der Waals surface area (Å²) in [7, 11) is 0. The Bertz CT molecular complexity index is 1030. The second-order valence-electron chi connectivity index (χ2n) is 6.58. The van der Waals surface area contributed by atoms with E-state index in [1.165, 1.54) is 35.6 Å². The predicted molar refractivity (Wildman–Crippen MR) is 114 cm³/mol. The Morgan fingerprint density at radius 1 is 1.03 bits per heavy atom. The van der Waals surface area contributed by atoms with Gasteiger partial charge in [0, 0.05) is 16.9 Å². The largest absolute Gasteiger partial charge is 0.573 e. The van der Waals surface area contributed by atoms with Crippen molar-refractivity contribution in [3.8, 4) is 5.75 Å². The van der Waals surface area contributed by atoms with Gasteiger partial charge in [0.05, 0.1) is 24.6 Å². The second kappa shape index (κ2) is 10.8. The summed E-state index contributed by atoms with van der Waals surface area (Å²) < 4.78 is 48.7. The Morgan fingerprint density at radius 3 is 2.39 bits per heavy atom. The predicted octanol–water partition coefficient (Wildman–Crippen LogP) is 5.40. The molecule has 5 nitrogen and oxygen atoms in total. The SMILES string of the molecule is NCCCn1c(COCc2ccc(Cl)cc2)cs/c1=N/c1ccc(OC(F)(F)F)cc1. The van der Waals surface area contributed by atoms with Gasteiger partial charge in [-0.3, -0.25) is 0 Å². The summed E-state index contributed by atoms with van der Waals surface area (Å²) in [6, 6.07) is 12.9. The topological polar surface area (TPSA) is 61.8 Å². The summed E-state index contributed by atoms with van der Waals surface area (Å²) in [5.74, 6) is -0.287. The fraction of sp³-hybridized carbons (Fsp3) is 0.286. The number of rotatable bonds is 9. The Labute approximate surface area is 186 Å². The maximum Gasteiger partial charge on any atom is 0.573 e. The fourth-order valence-electron chi connectivity index (χ4n) is 2.74. The van der Waals surface area contributed by atoms with Gasteiger partial charge in [0.1, 0.15) is 5.75 Å². The van der Waals surface area contributed by atoms with E-state index >= 15 is 0 Å². The first-order valence-corrected chi connectivity index (χ1v) is 10.7. The molecule has 3 aromatic rings. The maximum atomic E-state index is 12.3. The lowest BCUT2D eigenvalue weighted by atomic mass is 10.2. The van der Waals surface area contributed by atoms with Gasteiger partial charge in [0.25, 0.3) is 0 Å². The lowest BCUT2D eigenvalue weighted by Gasteiger charge is -2.10. The van der Waals surface area contributed by atoms with E-state index in [0.717, 1.165) is 17.7 Å². The molecule has 0 aliphatic carbocycles. The highest BCUT2D eigenvalue weighted by Gasteiger charge is 2.30. The van der Waals surface area contributed by atoms with Crippen LogP contribution in [0.15, 0.2) is 58.9 Å². The molecule has 0 bridgehead atoms. The molecule has 0 aliphatic heterocycles. The molecular weight excluding hydrogens is 451 g/mol. The molecule has 31 heavy (non-hydrogen) atoms. The Morgan fingerprint density at radius 2 is 1.74 bits per heavy atom. The third-order valence-electron chi connectivity index (χ3n) is 4.19. The number of ether oxygens (including phenoxy) is 2. The van der Waals surface area contributed by atoms with Gasteiger partial charge in [-0.1, -0.05) is 23.7 Å². The third-order valence-corrected chi connectivity index (χ3v) is 5.36. The highest BCUT2D eigenvalue weighted by Crippen LogP contribution is 2.24. The molecule has 0 amide bonds. The molecule has 2 N–H and O–H groups in total. The summed E-state index contributed by atoms with van der Waals surface area (Å²) in [4.78, 5) is 5.27. The van der Waals surface area contributed by atoms with E-state index in [4.69, 9.17) is 22.1 Å². The van der Waals surface area contributed by atoms with Crippen LogP contribution in [-0.2, 0) is 24.5 Å². The molecule has 1 heterocycles. The van der Waals surface area contributed by atoms with Gasteiger partial charge in [0.2, 0.25) is 0 Å². The average Bonchev–Trinajstić information content (AvgIpc) is 3.09. The molecule has 3 rings (SSSR count). The van der Waals surface area contributed by atoms with Crippen LogP contribution in [0.2, 0.25) is 5.02 Å². The number of benzene rings is 2. The molecule has 166 valence electrons. The first-order chi connectivity index (χ1) is 14.8. The second-order valence-corrected chi connectivity index (χ2v) is 7.85. The molecule has 0 aliphatic rings. The molecule has 0 fully saturated rings. The van der Waals surface area contributed by atoms with Gasteiger partial charge in [-0.05, 0) is 54.9 Å². The zero-order valence-corrected chi connectivity index (χ0v) is 18.0. The van der Waals surface area contributed by atoms with Crippen LogP contribution < -0.4 is 15.3 Å². The molecule has 0 radical (unpaired) electrons. The molecule has 0 spiro atoms. The minimum atomic E-state index is -4.72. The lowest BCUT2D eigenvalue weighted by Crippen LogP contribution is -2.20. The van der Waals surface area contributed by atoms with Crippen LogP contribution in [0.4, 0.5) is 18.9 Å². The fourth-order valence-corrected chi connectivity index (χ4v) is 3.80. The van der Waals surface area contributed by atoms with Crippen LogP contribution in [0.3, 0.4) is 0 Å². The van der Waals surface area contributed by atoms with Crippen molar-refractivity contribution >= 4 is 28.6 Å². The van der Waals surface area contributed by atoms with Crippen molar-refractivity contribution in [3.05, 3.63) is 75.0 Å². The molecule has 0 unspecified atom stereocenters. The summed E-state index contributed by atoms with van der Waals surface area (Å²) in [6.45, 7) is 2.01. The van der Waals surface area contributed by atoms with Crippen molar-refractivity contribution in [3.63, 3.8) is 0 Å². The highest BCUT2D eigenvalue weighted by molar-refractivity contribution is 7.07. The minimum absolute atomic E-state index is 0.287. The minimum Gasteiger partial charge on any atom is -0.406 e. The van der Waals surface area contributed by atoms with E-state index in [2.05, 4.69) is 9.73 Å². The average molecular weight is 472 g/mol. The van der Waals surface area contributed by atoms with E-state index in [9.17, 15) is 13.2 Å². The van der Waals surface area contributed by atoms with Gasteiger partial charge in [0.15, 0.2) is 4.80 Å². The summed E-state index contributed by atoms with van der Waals surface area (Å²) in [6.07, 6.45) is -3.97. The highest BCUT2D eigenvalue weighted by atomic mass is 35.5. The van der Waals surface area contributed by atoms with Gasteiger partial charge >= 0.3 is 6.36 Å². The maximum absolute atomic E-state index is 12.3. The standard InChI is InChI=1S/C21H21ClF3N3O2S/c22-16-4-2-15(3-5-16)12-29-13-18-14-31-20(28(18)11-1-10-26)27-17-6-8-19(9-7-17)30-21(23,24)25/h2-9,14H,1,10-13,26H2/b27-20+. The van der Waals surface area contributed by atoms with E-state index in [1.54, 1.807) is 0 Å².